The van der Waals surface area contributed by atoms with Gasteiger partial charge in [-0.05, 0) is 29.7 Å². The molecule has 0 aliphatic heterocycles. The summed E-state index contributed by atoms with van der Waals surface area (Å²) in [5.74, 6) is -0.444. The number of pyridine rings is 1. The molecule has 6 nitrogen and oxygen atoms in total. The minimum Gasteiger partial charge on any atom is -0.380 e. The summed E-state index contributed by atoms with van der Waals surface area (Å²) in [4.78, 5) is 29.2. The molecule has 0 atom stereocenters. The van der Waals surface area contributed by atoms with E-state index in [2.05, 4.69) is 10.3 Å². The Kier molecular flexibility index (Phi) is 4.90. The van der Waals surface area contributed by atoms with E-state index >= 15 is 0 Å². The summed E-state index contributed by atoms with van der Waals surface area (Å²) in [6.45, 7) is 2.66. The van der Waals surface area contributed by atoms with Crippen LogP contribution in [0.25, 0.3) is 5.65 Å². The van der Waals surface area contributed by atoms with Crippen molar-refractivity contribution in [1.29, 1.82) is 0 Å². The first-order valence-corrected chi connectivity index (χ1v) is 7.92. The van der Waals surface area contributed by atoms with Crippen LogP contribution in [0.4, 0.5) is 0 Å². The minimum atomic E-state index is -0.444. The van der Waals surface area contributed by atoms with Gasteiger partial charge in [-0.25, -0.2) is 4.98 Å². The van der Waals surface area contributed by atoms with Gasteiger partial charge in [0.2, 0.25) is 0 Å². The van der Waals surface area contributed by atoms with Gasteiger partial charge >= 0.3 is 0 Å². The molecule has 1 aromatic carbocycles. The fourth-order valence-corrected chi connectivity index (χ4v) is 2.64. The van der Waals surface area contributed by atoms with Gasteiger partial charge in [-0.2, -0.15) is 0 Å². The molecule has 6 heteroatoms. The maximum Gasteiger partial charge on any atom is 0.270 e. The number of hydrogen-bond donors (Lipinski definition) is 1. The zero-order valence-electron chi connectivity index (χ0n) is 14.2. The van der Waals surface area contributed by atoms with Crippen molar-refractivity contribution < 1.29 is 9.53 Å². The monoisotopic (exact) mass is 337 g/mol. The molecule has 0 fully saturated rings. The first kappa shape index (κ1) is 16.9. The van der Waals surface area contributed by atoms with Crippen LogP contribution >= 0.6 is 0 Å². The van der Waals surface area contributed by atoms with E-state index in [1.54, 1.807) is 19.4 Å². The number of amides is 1. The van der Waals surface area contributed by atoms with Gasteiger partial charge in [0.05, 0.1) is 6.61 Å². The number of aromatic nitrogens is 2. The van der Waals surface area contributed by atoms with Crippen molar-refractivity contribution in [3.05, 3.63) is 81.4 Å². The Morgan fingerprint density at radius 3 is 2.72 bits per heavy atom. The fourth-order valence-electron chi connectivity index (χ4n) is 2.64. The van der Waals surface area contributed by atoms with E-state index in [1.807, 2.05) is 37.3 Å². The molecular weight excluding hydrogens is 318 g/mol. The van der Waals surface area contributed by atoms with E-state index in [9.17, 15) is 9.59 Å². The van der Waals surface area contributed by atoms with Crippen molar-refractivity contribution in [2.45, 2.75) is 20.1 Å². The summed E-state index contributed by atoms with van der Waals surface area (Å²) in [6, 6.07) is 11.3. The lowest BCUT2D eigenvalue weighted by Crippen LogP contribution is -2.31. The summed E-state index contributed by atoms with van der Waals surface area (Å²) in [5, 5.41) is 2.79. The summed E-state index contributed by atoms with van der Waals surface area (Å²) < 4.78 is 6.55. The lowest BCUT2D eigenvalue weighted by molar-refractivity contribution is 0.0948. The highest BCUT2D eigenvalue weighted by molar-refractivity contribution is 5.93. The second kappa shape index (κ2) is 7.27. The molecule has 0 saturated heterocycles. The smallest absolute Gasteiger partial charge is 0.270 e. The van der Waals surface area contributed by atoms with Gasteiger partial charge in [0.15, 0.2) is 0 Å². The number of carbonyl (C=O) groups is 1. The first-order valence-electron chi connectivity index (χ1n) is 7.92. The Bertz CT molecular complexity index is 979. The molecular formula is C19H19N3O3. The minimum absolute atomic E-state index is 0.0207. The molecule has 2 aromatic heterocycles. The Morgan fingerprint density at radius 2 is 1.96 bits per heavy atom. The van der Waals surface area contributed by atoms with E-state index in [4.69, 9.17) is 4.74 Å². The van der Waals surface area contributed by atoms with E-state index in [-0.39, 0.29) is 11.1 Å². The highest BCUT2D eigenvalue weighted by atomic mass is 16.5. The maximum absolute atomic E-state index is 12.5. The molecule has 3 aromatic rings. The molecule has 0 spiro atoms. The number of fused-ring (bicyclic) bond motifs is 1. The van der Waals surface area contributed by atoms with E-state index in [0.717, 1.165) is 16.7 Å². The van der Waals surface area contributed by atoms with Crippen molar-refractivity contribution in [2.75, 3.05) is 7.11 Å². The van der Waals surface area contributed by atoms with Crippen LogP contribution in [0.5, 0.6) is 0 Å². The molecule has 3 rings (SSSR count). The second-order valence-corrected chi connectivity index (χ2v) is 5.80. The molecule has 0 bridgehead atoms. The van der Waals surface area contributed by atoms with Crippen LogP contribution in [0.3, 0.4) is 0 Å². The van der Waals surface area contributed by atoms with Gasteiger partial charge in [0.25, 0.3) is 11.5 Å². The van der Waals surface area contributed by atoms with Crippen molar-refractivity contribution in [3.63, 3.8) is 0 Å². The molecule has 2 heterocycles. The molecule has 25 heavy (non-hydrogen) atoms. The third-order valence-electron chi connectivity index (χ3n) is 3.95. The van der Waals surface area contributed by atoms with Gasteiger partial charge in [-0.15, -0.1) is 0 Å². The maximum atomic E-state index is 12.5. The largest absolute Gasteiger partial charge is 0.380 e. The Morgan fingerprint density at radius 1 is 1.20 bits per heavy atom. The zero-order chi connectivity index (χ0) is 17.8. The molecule has 0 aliphatic carbocycles. The van der Waals surface area contributed by atoms with Crippen molar-refractivity contribution in [3.8, 4) is 0 Å². The summed E-state index contributed by atoms with van der Waals surface area (Å²) >= 11 is 0. The summed E-state index contributed by atoms with van der Waals surface area (Å²) in [7, 11) is 1.62. The average Bonchev–Trinajstić information content (AvgIpc) is 2.62. The lowest BCUT2D eigenvalue weighted by Gasteiger charge is -2.10. The number of carbonyl (C=O) groups excluding carboxylic acids is 1. The quantitative estimate of drug-likeness (QED) is 0.774. The lowest BCUT2D eigenvalue weighted by atomic mass is 10.1. The summed E-state index contributed by atoms with van der Waals surface area (Å²) in [5.41, 5.74) is 3.01. The Labute approximate surface area is 145 Å². The Hall–Kier alpha value is -2.99. The van der Waals surface area contributed by atoms with Crippen LogP contribution < -0.4 is 10.9 Å². The summed E-state index contributed by atoms with van der Waals surface area (Å²) in [6.07, 6.45) is 3.00. The van der Waals surface area contributed by atoms with Gasteiger partial charge < -0.3 is 10.1 Å². The number of aryl methyl sites for hydroxylation is 1. The van der Waals surface area contributed by atoms with Crippen molar-refractivity contribution >= 4 is 11.6 Å². The molecule has 128 valence electrons. The third-order valence-corrected chi connectivity index (χ3v) is 3.95. The van der Waals surface area contributed by atoms with Crippen LogP contribution in [-0.4, -0.2) is 22.4 Å². The second-order valence-electron chi connectivity index (χ2n) is 5.80. The van der Waals surface area contributed by atoms with Crippen molar-refractivity contribution in [2.24, 2.45) is 0 Å². The Balaban J connectivity index is 1.84. The van der Waals surface area contributed by atoms with Crippen LogP contribution in [0, 0.1) is 6.92 Å². The number of ether oxygens (including phenoxy) is 1. The van der Waals surface area contributed by atoms with Gasteiger partial charge in [0, 0.05) is 26.0 Å². The zero-order valence-corrected chi connectivity index (χ0v) is 14.2. The predicted molar refractivity (Wildman–Crippen MR) is 94.5 cm³/mol. The topological polar surface area (TPSA) is 72.7 Å². The van der Waals surface area contributed by atoms with E-state index in [1.165, 1.54) is 10.6 Å². The highest BCUT2D eigenvalue weighted by Crippen LogP contribution is 2.10. The number of methoxy groups -OCH3 is 1. The molecule has 0 radical (unpaired) electrons. The predicted octanol–water partition coefficient (Wildman–Crippen LogP) is 2.08. The van der Waals surface area contributed by atoms with Gasteiger partial charge in [0.1, 0.15) is 11.2 Å². The average molecular weight is 337 g/mol. The standard InChI is InChI=1S/C19H19N3O3/c1-13-7-8-17-20-10-16(19(24)22(17)11-13)18(23)21-9-14-5-3-4-6-15(14)12-25-2/h3-8,10-11H,9,12H2,1-2H3,(H,21,23). The molecule has 1 amide bonds. The van der Waals surface area contributed by atoms with Gasteiger partial charge in [-0.3, -0.25) is 14.0 Å². The van der Waals surface area contributed by atoms with Crippen LogP contribution in [0.1, 0.15) is 27.0 Å². The normalized spacial score (nSPS) is 10.8. The van der Waals surface area contributed by atoms with Crippen LogP contribution in [0.15, 0.2) is 53.6 Å². The molecule has 0 saturated carbocycles. The highest BCUT2D eigenvalue weighted by Gasteiger charge is 2.13. The fraction of sp³-hybridized carbons (Fsp3) is 0.211. The van der Waals surface area contributed by atoms with Gasteiger partial charge in [-0.1, -0.05) is 30.3 Å². The van der Waals surface area contributed by atoms with Crippen LogP contribution in [-0.2, 0) is 17.9 Å². The van der Waals surface area contributed by atoms with Crippen LogP contribution in [0.2, 0.25) is 0 Å². The van der Waals surface area contributed by atoms with E-state index in [0.29, 0.717) is 18.8 Å². The molecule has 0 aliphatic rings. The van der Waals surface area contributed by atoms with Crippen molar-refractivity contribution in [1.82, 2.24) is 14.7 Å². The SMILES string of the molecule is COCc1ccccc1CNC(=O)c1cnc2ccc(C)cn2c1=O. The molecule has 0 unspecified atom stereocenters. The number of nitrogens with one attached hydrogen (secondary N) is 1. The number of hydrogen-bond acceptors (Lipinski definition) is 4. The number of nitrogens with zero attached hydrogens (tertiary/aromatic N) is 2. The van der Waals surface area contributed by atoms with E-state index < -0.39 is 5.91 Å². The third kappa shape index (κ3) is 3.59. The molecule has 1 N–H and O–H groups in total. The number of rotatable bonds is 5. The first-order chi connectivity index (χ1) is 12.1. The number of benzene rings is 1.